The van der Waals surface area contributed by atoms with Crippen molar-refractivity contribution in [2.24, 2.45) is 0 Å². The molecule has 3 rings (SSSR count). The molecule has 0 aliphatic rings. The zero-order chi connectivity index (χ0) is 18.7. The van der Waals surface area contributed by atoms with Crippen LogP contribution in [0, 0.1) is 6.92 Å². The fourth-order valence-corrected chi connectivity index (χ4v) is 2.75. The molecule has 5 nitrogen and oxygen atoms in total. The number of para-hydroxylation sites is 1. The molecule has 132 valence electrons. The maximum absolute atomic E-state index is 13.0. The minimum absolute atomic E-state index is 0.106. The number of benzene rings is 2. The zero-order valence-electron chi connectivity index (χ0n) is 14.1. The molecule has 0 saturated carbocycles. The maximum Gasteiger partial charge on any atom is 0.265 e. The number of nitrogens with zero attached hydrogens (tertiary/aromatic N) is 3. The fourth-order valence-electron chi connectivity index (χ4n) is 2.44. The van der Waals surface area contributed by atoms with Crippen molar-refractivity contribution in [3.8, 4) is 11.6 Å². The number of hydrogen-bond acceptors (Lipinski definition) is 4. The first-order valence-electron chi connectivity index (χ1n) is 7.74. The van der Waals surface area contributed by atoms with Gasteiger partial charge in [0.25, 0.3) is 5.91 Å². The van der Waals surface area contributed by atoms with E-state index in [2.05, 4.69) is 9.97 Å². The second-order valence-corrected chi connectivity index (χ2v) is 6.41. The summed E-state index contributed by atoms with van der Waals surface area (Å²) in [4.78, 5) is 22.5. The molecular weight excluding hydrogens is 373 g/mol. The van der Waals surface area contributed by atoms with E-state index in [1.165, 1.54) is 17.4 Å². The lowest BCUT2D eigenvalue weighted by atomic mass is 10.1. The van der Waals surface area contributed by atoms with Gasteiger partial charge in [-0.2, -0.15) is 0 Å². The average Bonchev–Trinajstić information content (AvgIpc) is 2.64. The summed E-state index contributed by atoms with van der Waals surface area (Å²) < 4.78 is 5.74. The molecular formula is C19H15Cl2N3O2. The predicted octanol–water partition coefficient (Wildman–Crippen LogP) is 5.16. The summed E-state index contributed by atoms with van der Waals surface area (Å²) in [5, 5.41) is 0.821. The van der Waals surface area contributed by atoms with Gasteiger partial charge in [0.1, 0.15) is 17.6 Å². The Morgan fingerprint density at radius 3 is 2.69 bits per heavy atom. The lowest BCUT2D eigenvalue weighted by molar-refractivity contribution is 0.0989. The van der Waals surface area contributed by atoms with Crippen LogP contribution in [0.25, 0.3) is 0 Å². The maximum atomic E-state index is 13.0. The second kappa shape index (κ2) is 7.72. The van der Waals surface area contributed by atoms with E-state index in [4.69, 9.17) is 27.9 Å². The summed E-state index contributed by atoms with van der Waals surface area (Å²) >= 11 is 12.1. The van der Waals surface area contributed by atoms with Crippen LogP contribution in [0.3, 0.4) is 0 Å². The van der Waals surface area contributed by atoms with Crippen molar-refractivity contribution in [3.63, 3.8) is 0 Å². The Morgan fingerprint density at radius 1 is 1.15 bits per heavy atom. The SMILES string of the molecule is Cc1ccccc1N(C)C(=O)c1cncnc1Oc1cc(Cl)ccc1Cl. The minimum Gasteiger partial charge on any atom is -0.436 e. The number of halogens is 2. The van der Waals surface area contributed by atoms with E-state index >= 15 is 0 Å². The lowest BCUT2D eigenvalue weighted by Gasteiger charge is -2.20. The topological polar surface area (TPSA) is 55.3 Å². The van der Waals surface area contributed by atoms with Crippen LogP contribution in [0.15, 0.2) is 55.0 Å². The third-order valence-electron chi connectivity index (χ3n) is 3.79. The van der Waals surface area contributed by atoms with Crippen LogP contribution in [0.1, 0.15) is 15.9 Å². The van der Waals surface area contributed by atoms with Gasteiger partial charge in [-0.05, 0) is 30.7 Å². The van der Waals surface area contributed by atoms with E-state index < -0.39 is 0 Å². The summed E-state index contributed by atoms with van der Waals surface area (Å²) in [6.07, 6.45) is 2.72. The number of aryl methyl sites for hydroxylation is 1. The molecule has 0 spiro atoms. The van der Waals surface area contributed by atoms with E-state index in [0.717, 1.165) is 11.3 Å². The largest absolute Gasteiger partial charge is 0.436 e. The number of amides is 1. The summed E-state index contributed by atoms with van der Waals surface area (Å²) in [5.74, 6) is 0.119. The molecule has 1 heterocycles. The van der Waals surface area contributed by atoms with Gasteiger partial charge in [0, 0.05) is 30.0 Å². The molecule has 0 N–H and O–H groups in total. The van der Waals surface area contributed by atoms with Crippen molar-refractivity contribution in [2.75, 3.05) is 11.9 Å². The van der Waals surface area contributed by atoms with Crippen molar-refractivity contribution in [1.29, 1.82) is 0 Å². The fraction of sp³-hybridized carbons (Fsp3) is 0.105. The molecule has 7 heteroatoms. The van der Waals surface area contributed by atoms with E-state index in [-0.39, 0.29) is 17.4 Å². The monoisotopic (exact) mass is 387 g/mol. The number of carbonyl (C=O) groups excluding carboxylic acids is 1. The van der Waals surface area contributed by atoms with Crippen molar-refractivity contribution >= 4 is 34.8 Å². The Morgan fingerprint density at radius 2 is 1.92 bits per heavy atom. The van der Waals surface area contributed by atoms with Gasteiger partial charge in [-0.1, -0.05) is 41.4 Å². The van der Waals surface area contributed by atoms with E-state index in [1.54, 1.807) is 25.2 Å². The van der Waals surface area contributed by atoms with Crippen LogP contribution in [-0.4, -0.2) is 22.9 Å². The van der Waals surface area contributed by atoms with Crippen LogP contribution in [0.4, 0.5) is 5.69 Å². The number of carbonyl (C=O) groups is 1. The number of ether oxygens (including phenoxy) is 1. The van der Waals surface area contributed by atoms with Gasteiger partial charge in [-0.3, -0.25) is 4.79 Å². The molecule has 2 aromatic carbocycles. The molecule has 0 aliphatic heterocycles. The number of hydrogen-bond donors (Lipinski definition) is 0. The third kappa shape index (κ3) is 3.79. The highest BCUT2D eigenvalue weighted by atomic mass is 35.5. The molecule has 0 unspecified atom stereocenters. The van der Waals surface area contributed by atoms with Crippen molar-refractivity contribution < 1.29 is 9.53 Å². The van der Waals surface area contributed by atoms with Gasteiger partial charge in [0.15, 0.2) is 0 Å². The highest BCUT2D eigenvalue weighted by Crippen LogP contribution is 2.33. The van der Waals surface area contributed by atoms with Crippen LogP contribution in [0.2, 0.25) is 10.0 Å². The molecule has 0 aliphatic carbocycles. The normalized spacial score (nSPS) is 10.5. The first-order chi connectivity index (χ1) is 12.5. The molecule has 0 bridgehead atoms. The summed E-state index contributed by atoms with van der Waals surface area (Å²) in [6, 6.07) is 12.4. The quantitative estimate of drug-likeness (QED) is 0.620. The van der Waals surface area contributed by atoms with Gasteiger partial charge in [0.2, 0.25) is 5.88 Å². The molecule has 0 atom stereocenters. The Balaban J connectivity index is 1.95. The first kappa shape index (κ1) is 18.2. The van der Waals surface area contributed by atoms with Gasteiger partial charge >= 0.3 is 0 Å². The Hall–Kier alpha value is -2.63. The molecule has 0 radical (unpaired) electrons. The van der Waals surface area contributed by atoms with Crippen LogP contribution >= 0.6 is 23.2 Å². The first-order valence-corrected chi connectivity index (χ1v) is 8.49. The van der Waals surface area contributed by atoms with Crippen molar-refractivity contribution in [2.45, 2.75) is 6.92 Å². The van der Waals surface area contributed by atoms with E-state index in [9.17, 15) is 4.79 Å². The molecule has 0 fully saturated rings. The third-order valence-corrected chi connectivity index (χ3v) is 4.33. The predicted molar refractivity (Wildman–Crippen MR) is 102 cm³/mol. The molecule has 0 saturated heterocycles. The molecule has 3 aromatic rings. The molecule has 26 heavy (non-hydrogen) atoms. The summed E-state index contributed by atoms with van der Waals surface area (Å²) in [5.41, 5.74) is 1.97. The molecule has 1 aromatic heterocycles. The van der Waals surface area contributed by atoms with Crippen molar-refractivity contribution in [3.05, 3.63) is 76.2 Å². The number of rotatable bonds is 4. The van der Waals surface area contributed by atoms with Crippen molar-refractivity contribution in [1.82, 2.24) is 9.97 Å². The Labute approximate surface area is 161 Å². The van der Waals surface area contributed by atoms with Gasteiger partial charge in [-0.25, -0.2) is 9.97 Å². The highest BCUT2D eigenvalue weighted by molar-refractivity contribution is 6.34. The lowest BCUT2D eigenvalue weighted by Crippen LogP contribution is -2.27. The van der Waals surface area contributed by atoms with Gasteiger partial charge in [-0.15, -0.1) is 0 Å². The van der Waals surface area contributed by atoms with Crippen LogP contribution in [-0.2, 0) is 0 Å². The summed E-state index contributed by atoms with van der Waals surface area (Å²) in [6.45, 7) is 1.93. The van der Waals surface area contributed by atoms with Gasteiger partial charge in [0.05, 0.1) is 5.02 Å². The summed E-state index contributed by atoms with van der Waals surface area (Å²) in [7, 11) is 1.69. The standard InChI is InChI=1S/C19H15Cl2N3O2/c1-12-5-3-4-6-16(12)24(2)19(25)14-10-22-11-23-18(14)26-17-9-13(20)7-8-15(17)21/h3-11H,1-2H3. The highest BCUT2D eigenvalue weighted by Gasteiger charge is 2.21. The van der Waals surface area contributed by atoms with Crippen LogP contribution in [0.5, 0.6) is 11.6 Å². The Bertz CT molecular complexity index is 963. The van der Waals surface area contributed by atoms with E-state index in [0.29, 0.717) is 15.8 Å². The van der Waals surface area contributed by atoms with Gasteiger partial charge < -0.3 is 9.64 Å². The average molecular weight is 388 g/mol. The Kier molecular flexibility index (Phi) is 5.40. The number of anilines is 1. The molecule has 1 amide bonds. The number of aromatic nitrogens is 2. The smallest absolute Gasteiger partial charge is 0.265 e. The minimum atomic E-state index is -0.298. The van der Waals surface area contributed by atoms with E-state index in [1.807, 2.05) is 31.2 Å². The van der Waals surface area contributed by atoms with Crippen LogP contribution < -0.4 is 9.64 Å². The second-order valence-electron chi connectivity index (χ2n) is 5.57. The zero-order valence-corrected chi connectivity index (χ0v) is 15.6.